The van der Waals surface area contributed by atoms with Gasteiger partial charge in [0.25, 0.3) is 0 Å². The summed E-state index contributed by atoms with van der Waals surface area (Å²) >= 11 is 0. The highest BCUT2D eigenvalue weighted by Crippen LogP contribution is 2.29. The first kappa shape index (κ1) is 18.8. The largest absolute Gasteiger partial charge is 0.497 e. The van der Waals surface area contributed by atoms with Gasteiger partial charge in [0.2, 0.25) is 11.8 Å². The van der Waals surface area contributed by atoms with Crippen LogP contribution in [0.2, 0.25) is 0 Å². The summed E-state index contributed by atoms with van der Waals surface area (Å²) in [6.07, 6.45) is 4.79. The third kappa shape index (κ3) is 4.21. The highest BCUT2D eigenvalue weighted by atomic mass is 16.5. The number of hydrogen-bond donors (Lipinski definition) is 1. The van der Waals surface area contributed by atoms with Crippen LogP contribution in [0.5, 0.6) is 11.5 Å². The van der Waals surface area contributed by atoms with Crippen LogP contribution in [0.25, 0.3) is 0 Å². The van der Waals surface area contributed by atoms with Crippen molar-refractivity contribution in [3.8, 4) is 11.5 Å². The summed E-state index contributed by atoms with van der Waals surface area (Å²) in [6.45, 7) is 0.660. The summed E-state index contributed by atoms with van der Waals surface area (Å²) in [5.41, 5.74) is 0.779. The molecule has 1 N–H and O–H groups in total. The molecular formula is C19H24N4O4. The molecular weight excluding hydrogens is 348 g/mol. The van der Waals surface area contributed by atoms with E-state index in [1.165, 1.54) is 0 Å². The van der Waals surface area contributed by atoms with Gasteiger partial charge in [-0.15, -0.1) is 0 Å². The fourth-order valence-corrected chi connectivity index (χ4v) is 3.20. The Morgan fingerprint density at radius 2 is 1.96 bits per heavy atom. The Labute approximate surface area is 158 Å². The summed E-state index contributed by atoms with van der Waals surface area (Å²) in [4.78, 5) is 30.4. The fraction of sp³-hybridized carbons (Fsp3) is 0.421. The van der Waals surface area contributed by atoms with Gasteiger partial charge in [-0.1, -0.05) is 0 Å². The number of aryl methyl sites for hydroxylation is 1. The molecule has 2 aromatic rings. The number of nitrogens with zero attached hydrogens (tertiary/aromatic N) is 3. The number of aromatic nitrogens is 2. The first-order chi connectivity index (χ1) is 13.0. The molecule has 0 aliphatic carbocycles. The number of amides is 2. The van der Waals surface area contributed by atoms with Gasteiger partial charge in [0.15, 0.2) is 0 Å². The molecule has 2 amide bonds. The predicted molar refractivity (Wildman–Crippen MR) is 98.6 cm³/mol. The molecule has 1 saturated heterocycles. The molecule has 1 aliphatic heterocycles. The number of ether oxygens (including phenoxy) is 2. The summed E-state index contributed by atoms with van der Waals surface area (Å²) in [5, 5.41) is 3.00. The van der Waals surface area contributed by atoms with E-state index in [2.05, 4.69) is 10.3 Å². The Kier molecular flexibility index (Phi) is 5.63. The molecule has 1 aromatic carbocycles. The van der Waals surface area contributed by atoms with Crippen LogP contribution >= 0.6 is 0 Å². The second-order valence-electron chi connectivity index (χ2n) is 6.46. The fourth-order valence-electron chi connectivity index (χ4n) is 3.20. The van der Waals surface area contributed by atoms with Crippen molar-refractivity contribution in [2.24, 2.45) is 7.05 Å². The van der Waals surface area contributed by atoms with Gasteiger partial charge in [-0.3, -0.25) is 9.59 Å². The standard InChI is InChI=1S/C19H24N4O4/c1-22-8-6-20-19(22)18(13-9-14(26-2)11-15(10-13)27-3)21-16(24)12-23-7-4-5-17(23)25/h6,8-11,18H,4-5,7,12H2,1-3H3,(H,21,24). The quantitative estimate of drug-likeness (QED) is 0.791. The van der Waals surface area contributed by atoms with Crippen LogP contribution in [0.3, 0.4) is 0 Å². The number of nitrogens with one attached hydrogen (secondary N) is 1. The van der Waals surface area contributed by atoms with Crippen LogP contribution in [0.1, 0.15) is 30.3 Å². The maximum Gasteiger partial charge on any atom is 0.240 e. The number of rotatable bonds is 7. The van der Waals surface area contributed by atoms with Crippen molar-refractivity contribution >= 4 is 11.8 Å². The van der Waals surface area contributed by atoms with E-state index in [0.717, 1.165) is 12.0 Å². The van der Waals surface area contributed by atoms with E-state index < -0.39 is 6.04 Å². The molecule has 1 unspecified atom stereocenters. The lowest BCUT2D eigenvalue weighted by Gasteiger charge is -2.22. The molecule has 1 fully saturated rings. The van der Waals surface area contributed by atoms with E-state index in [0.29, 0.717) is 30.3 Å². The minimum atomic E-state index is -0.501. The molecule has 1 aliphatic rings. The summed E-state index contributed by atoms with van der Waals surface area (Å²) in [5.74, 6) is 1.69. The third-order valence-electron chi connectivity index (χ3n) is 4.63. The highest BCUT2D eigenvalue weighted by molar-refractivity contribution is 5.86. The van der Waals surface area contributed by atoms with Gasteiger partial charge in [0.1, 0.15) is 23.4 Å². The van der Waals surface area contributed by atoms with Crippen LogP contribution < -0.4 is 14.8 Å². The average molecular weight is 372 g/mol. The van der Waals surface area contributed by atoms with E-state index in [-0.39, 0.29) is 18.4 Å². The van der Waals surface area contributed by atoms with Gasteiger partial charge in [-0.25, -0.2) is 4.98 Å². The number of methoxy groups -OCH3 is 2. The van der Waals surface area contributed by atoms with Gasteiger partial charge in [-0.05, 0) is 24.1 Å². The summed E-state index contributed by atoms with van der Waals surface area (Å²) < 4.78 is 12.5. The van der Waals surface area contributed by atoms with Gasteiger partial charge in [-0.2, -0.15) is 0 Å². The second kappa shape index (κ2) is 8.11. The minimum Gasteiger partial charge on any atom is -0.497 e. The van der Waals surface area contributed by atoms with Crippen molar-refractivity contribution in [3.05, 3.63) is 42.0 Å². The first-order valence-corrected chi connectivity index (χ1v) is 8.79. The molecule has 0 bridgehead atoms. The minimum absolute atomic E-state index is 0.0155. The number of carbonyl (C=O) groups is 2. The Morgan fingerprint density at radius 3 is 2.48 bits per heavy atom. The van der Waals surface area contributed by atoms with Crippen molar-refractivity contribution in [1.82, 2.24) is 19.8 Å². The third-order valence-corrected chi connectivity index (χ3v) is 4.63. The van der Waals surface area contributed by atoms with E-state index in [9.17, 15) is 9.59 Å². The Hall–Kier alpha value is -3.03. The van der Waals surface area contributed by atoms with Gasteiger partial charge < -0.3 is 24.3 Å². The summed E-state index contributed by atoms with van der Waals surface area (Å²) in [7, 11) is 5.01. The Bertz CT molecular complexity index is 811. The Morgan fingerprint density at radius 1 is 1.26 bits per heavy atom. The topological polar surface area (TPSA) is 85.7 Å². The molecule has 27 heavy (non-hydrogen) atoms. The van der Waals surface area contributed by atoms with Crippen LogP contribution in [0.4, 0.5) is 0 Å². The van der Waals surface area contributed by atoms with Crippen molar-refractivity contribution < 1.29 is 19.1 Å². The summed E-state index contributed by atoms with van der Waals surface area (Å²) in [6, 6.07) is 4.94. The molecule has 0 spiro atoms. The predicted octanol–water partition coefficient (Wildman–Crippen LogP) is 1.27. The zero-order chi connectivity index (χ0) is 19.4. The Balaban J connectivity index is 1.89. The normalized spacial score (nSPS) is 14.9. The lowest BCUT2D eigenvalue weighted by Crippen LogP contribution is -2.40. The number of carbonyl (C=O) groups excluding carboxylic acids is 2. The SMILES string of the molecule is COc1cc(OC)cc(C(NC(=O)CN2CCCC2=O)c2nccn2C)c1. The monoisotopic (exact) mass is 372 g/mol. The van der Waals surface area contributed by atoms with Crippen molar-refractivity contribution in [2.75, 3.05) is 27.3 Å². The number of hydrogen-bond acceptors (Lipinski definition) is 5. The molecule has 0 radical (unpaired) electrons. The van der Waals surface area contributed by atoms with E-state index in [4.69, 9.17) is 9.47 Å². The first-order valence-electron chi connectivity index (χ1n) is 8.79. The molecule has 0 saturated carbocycles. The molecule has 144 valence electrons. The van der Waals surface area contributed by atoms with Crippen LogP contribution in [-0.2, 0) is 16.6 Å². The van der Waals surface area contributed by atoms with Gasteiger partial charge >= 0.3 is 0 Å². The van der Waals surface area contributed by atoms with Crippen molar-refractivity contribution in [2.45, 2.75) is 18.9 Å². The maximum atomic E-state index is 12.6. The number of likely N-dealkylation sites (tertiary alicyclic amines) is 1. The van der Waals surface area contributed by atoms with Gasteiger partial charge in [0, 0.05) is 38.5 Å². The molecule has 1 atom stereocenters. The molecule has 8 heteroatoms. The molecule has 2 heterocycles. The number of imidazole rings is 1. The van der Waals surface area contributed by atoms with E-state index in [1.807, 2.05) is 29.9 Å². The highest BCUT2D eigenvalue weighted by Gasteiger charge is 2.26. The smallest absolute Gasteiger partial charge is 0.240 e. The lowest BCUT2D eigenvalue weighted by molar-refractivity contribution is -0.133. The number of benzene rings is 1. The maximum absolute atomic E-state index is 12.6. The lowest BCUT2D eigenvalue weighted by atomic mass is 10.0. The second-order valence-corrected chi connectivity index (χ2v) is 6.46. The van der Waals surface area contributed by atoms with Crippen molar-refractivity contribution in [3.63, 3.8) is 0 Å². The zero-order valence-corrected chi connectivity index (χ0v) is 15.8. The van der Waals surface area contributed by atoms with Crippen LogP contribution in [-0.4, -0.2) is 53.6 Å². The van der Waals surface area contributed by atoms with E-state index in [1.54, 1.807) is 31.4 Å². The van der Waals surface area contributed by atoms with Gasteiger partial charge in [0.05, 0.1) is 20.8 Å². The van der Waals surface area contributed by atoms with Crippen molar-refractivity contribution in [1.29, 1.82) is 0 Å². The molecule has 3 rings (SSSR count). The van der Waals surface area contributed by atoms with E-state index >= 15 is 0 Å². The van der Waals surface area contributed by atoms with Crippen LogP contribution in [0, 0.1) is 0 Å². The molecule has 1 aromatic heterocycles. The average Bonchev–Trinajstić information content (AvgIpc) is 3.27. The zero-order valence-electron chi connectivity index (χ0n) is 15.8. The molecule has 8 nitrogen and oxygen atoms in total. The van der Waals surface area contributed by atoms with Crippen LogP contribution in [0.15, 0.2) is 30.6 Å².